The van der Waals surface area contributed by atoms with Gasteiger partial charge in [-0.05, 0) is 13.8 Å². The van der Waals surface area contributed by atoms with Gasteiger partial charge in [0.05, 0.1) is 12.2 Å². The third-order valence-corrected chi connectivity index (χ3v) is 1.90. The molecule has 64 valence electrons. The minimum atomic E-state index is -1.18. The average molecular weight is 160 g/mol. The Morgan fingerprint density at radius 1 is 1.18 bits per heavy atom. The molecule has 0 radical (unpaired) electrons. The zero-order chi connectivity index (χ0) is 8.59. The molecule has 1 aliphatic rings. The van der Waals surface area contributed by atoms with Crippen LogP contribution in [0.3, 0.4) is 0 Å². The van der Waals surface area contributed by atoms with E-state index in [2.05, 4.69) is 0 Å². The van der Waals surface area contributed by atoms with Crippen LogP contribution in [-0.4, -0.2) is 40.4 Å². The van der Waals surface area contributed by atoms with E-state index in [1.807, 2.05) is 0 Å². The summed E-state index contributed by atoms with van der Waals surface area (Å²) in [7, 11) is 0. The highest BCUT2D eigenvalue weighted by Crippen LogP contribution is 2.16. The van der Waals surface area contributed by atoms with Crippen LogP contribution in [0.1, 0.15) is 13.8 Å². The van der Waals surface area contributed by atoms with Gasteiger partial charge in [0.25, 0.3) is 0 Å². The number of hydrogen-bond acceptors (Lipinski definition) is 4. The van der Waals surface area contributed by atoms with Gasteiger partial charge in [0.15, 0.2) is 5.78 Å². The molecule has 1 fully saturated rings. The number of ether oxygens (including phenoxy) is 1. The van der Waals surface area contributed by atoms with E-state index in [0.29, 0.717) is 0 Å². The lowest BCUT2D eigenvalue weighted by Gasteiger charge is -2.32. The van der Waals surface area contributed by atoms with Crippen LogP contribution in [0.4, 0.5) is 0 Å². The molecule has 1 saturated heterocycles. The van der Waals surface area contributed by atoms with E-state index in [1.54, 1.807) is 13.8 Å². The fourth-order valence-electron chi connectivity index (χ4n) is 1.13. The highest BCUT2D eigenvalue weighted by Gasteiger charge is 2.38. The van der Waals surface area contributed by atoms with Crippen molar-refractivity contribution in [2.24, 2.45) is 0 Å². The van der Waals surface area contributed by atoms with Crippen LogP contribution in [0.5, 0.6) is 0 Å². The maximum atomic E-state index is 11.0. The molecule has 0 aromatic heterocycles. The van der Waals surface area contributed by atoms with Crippen LogP contribution in [0.15, 0.2) is 0 Å². The van der Waals surface area contributed by atoms with Gasteiger partial charge in [-0.15, -0.1) is 0 Å². The maximum Gasteiger partial charge on any atom is 0.194 e. The number of rotatable bonds is 0. The second-order valence-corrected chi connectivity index (χ2v) is 2.84. The number of carbonyl (C=O) groups excluding carboxylic acids is 1. The van der Waals surface area contributed by atoms with Gasteiger partial charge in [-0.1, -0.05) is 0 Å². The highest BCUT2D eigenvalue weighted by molar-refractivity contribution is 5.88. The number of Topliss-reactive ketones (excluding diaryl/α,β-unsaturated/α-hetero) is 1. The Morgan fingerprint density at radius 2 is 1.55 bits per heavy atom. The Hall–Kier alpha value is -0.450. The smallest absolute Gasteiger partial charge is 0.194 e. The maximum absolute atomic E-state index is 11.0. The zero-order valence-corrected chi connectivity index (χ0v) is 6.52. The molecule has 4 heteroatoms. The summed E-state index contributed by atoms with van der Waals surface area (Å²) < 4.78 is 5.06. The summed E-state index contributed by atoms with van der Waals surface area (Å²) in [6.45, 7) is 3.20. The summed E-state index contributed by atoms with van der Waals surface area (Å²) in [5.41, 5.74) is 0. The van der Waals surface area contributed by atoms with Crippen molar-refractivity contribution in [1.82, 2.24) is 0 Å². The van der Waals surface area contributed by atoms with Crippen molar-refractivity contribution in [3.8, 4) is 0 Å². The summed E-state index contributed by atoms with van der Waals surface area (Å²) in [5.74, 6) is -0.545. The standard InChI is InChI=1S/C7H12O4/c1-3-5(8)7(10)6(9)4(2)11-3/h3-6,8-9H,1-2H3. The molecule has 0 amide bonds. The minimum absolute atomic E-state index is 0.513. The molecular formula is C7H12O4. The van der Waals surface area contributed by atoms with E-state index in [-0.39, 0.29) is 0 Å². The Bertz CT molecular complexity index is 152. The topological polar surface area (TPSA) is 66.8 Å². The molecule has 1 heterocycles. The summed E-state index contributed by atoms with van der Waals surface area (Å²) >= 11 is 0. The first-order valence-electron chi connectivity index (χ1n) is 3.59. The van der Waals surface area contributed by atoms with Crippen LogP contribution >= 0.6 is 0 Å². The minimum Gasteiger partial charge on any atom is -0.382 e. The Kier molecular flexibility index (Phi) is 2.27. The van der Waals surface area contributed by atoms with Crippen molar-refractivity contribution < 1.29 is 19.7 Å². The van der Waals surface area contributed by atoms with Gasteiger partial charge in [-0.2, -0.15) is 0 Å². The molecule has 0 bridgehead atoms. The van der Waals surface area contributed by atoms with Gasteiger partial charge >= 0.3 is 0 Å². The van der Waals surface area contributed by atoms with Crippen molar-refractivity contribution in [1.29, 1.82) is 0 Å². The van der Waals surface area contributed by atoms with Gasteiger partial charge in [-0.3, -0.25) is 4.79 Å². The van der Waals surface area contributed by atoms with Crippen molar-refractivity contribution in [2.45, 2.75) is 38.3 Å². The lowest BCUT2D eigenvalue weighted by Crippen LogP contribution is -2.52. The Balaban J connectivity index is 2.71. The molecule has 4 atom stereocenters. The molecular weight excluding hydrogens is 148 g/mol. The van der Waals surface area contributed by atoms with Gasteiger partial charge < -0.3 is 14.9 Å². The third kappa shape index (κ3) is 1.42. The highest BCUT2D eigenvalue weighted by atomic mass is 16.5. The monoisotopic (exact) mass is 160 g/mol. The summed E-state index contributed by atoms with van der Waals surface area (Å²) in [4.78, 5) is 11.0. The van der Waals surface area contributed by atoms with Gasteiger partial charge in [-0.25, -0.2) is 0 Å². The molecule has 0 aromatic carbocycles. The van der Waals surface area contributed by atoms with Crippen LogP contribution in [-0.2, 0) is 9.53 Å². The van der Waals surface area contributed by atoms with Crippen LogP contribution < -0.4 is 0 Å². The molecule has 11 heavy (non-hydrogen) atoms. The van der Waals surface area contributed by atoms with E-state index >= 15 is 0 Å². The quantitative estimate of drug-likeness (QED) is 0.481. The molecule has 0 aromatic rings. The first kappa shape index (κ1) is 8.64. The molecule has 2 N–H and O–H groups in total. The van der Waals surface area contributed by atoms with Crippen LogP contribution in [0, 0.1) is 0 Å². The van der Waals surface area contributed by atoms with E-state index < -0.39 is 30.2 Å². The second kappa shape index (κ2) is 2.89. The van der Waals surface area contributed by atoms with Gasteiger partial charge in [0.1, 0.15) is 12.2 Å². The molecule has 0 aliphatic carbocycles. The lowest BCUT2D eigenvalue weighted by molar-refractivity contribution is -0.176. The normalized spacial score (nSPS) is 46.0. The largest absolute Gasteiger partial charge is 0.382 e. The second-order valence-electron chi connectivity index (χ2n) is 2.84. The van der Waals surface area contributed by atoms with Crippen LogP contribution in [0.2, 0.25) is 0 Å². The van der Waals surface area contributed by atoms with Gasteiger partial charge in [0, 0.05) is 0 Å². The van der Waals surface area contributed by atoms with Crippen molar-refractivity contribution >= 4 is 5.78 Å². The SMILES string of the molecule is CC1OC(C)C(O)C(=O)C1O. The Labute approximate surface area is 64.8 Å². The molecule has 0 saturated carbocycles. The van der Waals surface area contributed by atoms with Crippen LogP contribution in [0.25, 0.3) is 0 Å². The molecule has 4 nitrogen and oxygen atoms in total. The molecule has 0 spiro atoms. The summed E-state index contributed by atoms with van der Waals surface area (Å²) in [6, 6.07) is 0. The lowest BCUT2D eigenvalue weighted by atomic mass is 9.98. The predicted octanol–water partition coefficient (Wildman–Crippen LogP) is -0.916. The average Bonchev–Trinajstić information content (AvgIpc) is 1.97. The number of carbonyl (C=O) groups is 1. The first-order valence-corrected chi connectivity index (χ1v) is 3.59. The van der Waals surface area contributed by atoms with Crippen molar-refractivity contribution in [3.05, 3.63) is 0 Å². The predicted molar refractivity (Wildman–Crippen MR) is 37.0 cm³/mol. The van der Waals surface area contributed by atoms with Gasteiger partial charge in [0.2, 0.25) is 0 Å². The van der Waals surface area contributed by atoms with Crippen molar-refractivity contribution in [3.63, 3.8) is 0 Å². The summed E-state index contributed by atoms with van der Waals surface area (Å²) in [6.07, 6.45) is -3.39. The first-order chi connectivity index (χ1) is 5.04. The third-order valence-electron chi connectivity index (χ3n) is 1.90. The molecule has 4 unspecified atom stereocenters. The van der Waals surface area contributed by atoms with E-state index in [0.717, 1.165) is 0 Å². The summed E-state index contributed by atoms with van der Waals surface area (Å²) in [5, 5.41) is 18.2. The number of ketones is 1. The molecule has 1 aliphatic heterocycles. The van der Waals surface area contributed by atoms with Crippen molar-refractivity contribution in [2.75, 3.05) is 0 Å². The number of aliphatic hydroxyl groups excluding tert-OH is 2. The zero-order valence-electron chi connectivity index (χ0n) is 6.52. The Morgan fingerprint density at radius 3 is 1.91 bits per heavy atom. The van der Waals surface area contributed by atoms with E-state index in [4.69, 9.17) is 14.9 Å². The number of hydrogen-bond donors (Lipinski definition) is 2. The van der Waals surface area contributed by atoms with E-state index in [9.17, 15) is 4.79 Å². The fraction of sp³-hybridized carbons (Fsp3) is 0.857. The molecule has 1 rings (SSSR count). The fourth-order valence-corrected chi connectivity index (χ4v) is 1.13. The van der Waals surface area contributed by atoms with E-state index in [1.165, 1.54) is 0 Å². The number of aliphatic hydroxyl groups is 2.